The Morgan fingerprint density at radius 2 is 2.21 bits per heavy atom. The molecule has 0 N–H and O–H groups in total. The Morgan fingerprint density at radius 3 is 2.89 bits per heavy atom. The fraction of sp³-hybridized carbons (Fsp3) is 0.231. The van der Waals surface area contributed by atoms with Gasteiger partial charge in [0.25, 0.3) is 0 Å². The third-order valence-corrected chi connectivity index (χ3v) is 4.53. The molecule has 0 saturated carbocycles. The number of hydrogen-bond acceptors (Lipinski definition) is 3. The first-order chi connectivity index (χ1) is 9.20. The normalized spacial score (nSPS) is 11.3. The molecular formula is C13H11Cl2N3S. The van der Waals surface area contributed by atoms with Gasteiger partial charge in [0.1, 0.15) is 5.82 Å². The SMILES string of the molecule is Cc1ncsc1Cn1c(CCl)nc2cccc(Cl)c21. The van der Waals surface area contributed by atoms with Crippen molar-refractivity contribution in [1.82, 2.24) is 14.5 Å². The summed E-state index contributed by atoms with van der Waals surface area (Å²) in [6, 6.07) is 5.73. The summed E-state index contributed by atoms with van der Waals surface area (Å²) in [4.78, 5) is 10.0. The molecule has 0 saturated heterocycles. The van der Waals surface area contributed by atoms with Crippen molar-refractivity contribution in [2.45, 2.75) is 19.3 Å². The molecule has 2 heterocycles. The van der Waals surface area contributed by atoms with Crippen LogP contribution in [0.25, 0.3) is 11.0 Å². The number of aromatic nitrogens is 3. The van der Waals surface area contributed by atoms with E-state index in [1.165, 1.54) is 4.88 Å². The molecular weight excluding hydrogens is 301 g/mol. The van der Waals surface area contributed by atoms with Gasteiger partial charge in [0, 0.05) is 4.88 Å². The number of alkyl halides is 1. The van der Waals surface area contributed by atoms with Crippen LogP contribution in [0.3, 0.4) is 0 Å². The maximum atomic E-state index is 6.30. The van der Waals surface area contributed by atoms with Gasteiger partial charge in [-0.15, -0.1) is 22.9 Å². The highest BCUT2D eigenvalue weighted by Gasteiger charge is 2.14. The van der Waals surface area contributed by atoms with Gasteiger partial charge in [0.05, 0.1) is 39.7 Å². The van der Waals surface area contributed by atoms with E-state index in [0.29, 0.717) is 17.4 Å². The highest BCUT2D eigenvalue weighted by Crippen LogP contribution is 2.27. The summed E-state index contributed by atoms with van der Waals surface area (Å²) in [6.07, 6.45) is 0. The summed E-state index contributed by atoms with van der Waals surface area (Å²) in [5.74, 6) is 1.20. The second-order valence-electron chi connectivity index (χ2n) is 4.22. The number of thiazole rings is 1. The van der Waals surface area contributed by atoms with E-state index in [2.05, 4.69) is 14.5 Å². The summed E-state index contributed by atoms with van der Waals surface area (Å²) in [5.41, 5.74) is 4.71. The Balaban J connectivity index is 2.18. The van der Waals surface area contributed by atoms with Crippen LogP contribution in [0.2, 0.25) is 5.02 Å². The topological polar surface area (TPSA) is 30.7 Å². The largest absolute Gasteiger partial charge is 0.320 e. The summed E-state index contributed by atoms with van der Waals surface area (Å²) in [6.45, 7) is 2.71. The van der Waals surface area contributed by atoms with Gasteiger partial charge in [-0.25, -0.2) is 9.97 Å². The number of hydrogen-bond donors (Lipinski definition) is 0. The first-order valence-corrected chi connectivity index (χ1v) is 7.58. The minimum Gasteiger partial charge on any atom is -0.320 e. The molecule has 0 amide bonds. The molecule has 0 aliphatic rings. The van der Waals surface area contributed by atoms with Crippen LogP contribution in [0.1, 0.15) is 16.4 Å². The van der Waals surface area contributed by atoms with Crippen molar-refractivity contribution in [2.24, 2.45) is 0 Å². The highest BCUT2D eigenvalue weighted by molar-refractivity contribution is 7.09. The molecule has 0 aliphatic carbocycles. The van der Waals surface area contributed by atoms with E-state index in [9.17, 15) is 0 Å². The zero-order valence-electron chi connectivity index (χ0n) is 10.2. The number of fused-ring (bicyclic) bond motifs is 1. The standard InChI is InChI=1S/C13H11Cl2N3S/c1-8-11(19-7-16-8)6-18-12(5-14)17-10-4-2-3-9(15)13(10)18/h2-4,7H,5-6H2,1H3. The maximum Gasteiger partial charge on any atom is 0.125 e. The average Bonchev–Trinajstić information content (AvgIpc) is 2.96. The molecule has 6 heteroatoms. The maximum absolute atomic E-state index is 6.30. The second kappa shape index (κ2) is 5.12. The third-order valence-electron chi connectivity index (χ3n) is 3.06. The van der Waals surface area contributed by atoms with Crippen molar-refractivity contribution >= 4 is 45.6 Å². The van der Waals surface area contributed by atoms with E-state index in [1.807, 2.05) is 30.6 Å². The van der Waals surface area contributed by atoms with Crippen molar-refractivity contribution in [1.29, 1.82) is 0 Å². The molecule has 3 rings (SSSR count). The molecule has 2 aromatic heterocycles. The van der Waals surface area contributed by atoms with Crippen molar-refractivity contribution in [3.8, 4) is 0 Å². The zero-order valence-corrected chi connectivity index (χ0v) is 12.6. The van der Waals surface area contributed by atoms with Gasteiger partial charge in [-0.05, 0) is 19.1 Å². The summed E-state index contributed by atoms with van der Waals surface area (Å²) in [5, 5.41) is 0.698. The van der Waals surface area contributed by atoms with Crippen molar-refractivity contribution in [2.75, 3.05) is 0 Å². The number of para-hydroxylation sites is 1. The fourth-order valence-electron chi connectivity index (χ4n) is 2.08. The number of imidazole rings is 1. The predicted octanol–water partition coefficient (Wildman–Crippen LogP) is 4.24. The summed E-state index contributed by atoms with van der Waals surface area (Å²) < 4.78 is 2.07. The second-order valence-corrected chi connectivity index (χ2v) is 5.83. The molecule has 19 heavy (non-hydrogen) atoms. The van der Waals surface area contributed by atoms with E-state index in [1.54, 1.807) is 11.3 Å². The zero-order chi connectivity index (χ0) is 13.4. The van der Waals surface area contributed by atoms with Gasteiger partial charge in [-0.1, -0.05) is 17.7 Å². The van der Waals surface area contributed by atoms with E-state index in [0.717, 1.165) is 22.6 Å². The van der Waals surface area contributed by atoms with Crippen LogP contribution in [0.5, 0.6) is 0 Å². The average molecular weight is 312 g/mol. The summed E-state index contributed by atoms with van der Waals surface area (Å²) in [7, 11) is 0. The first-order valence-electron chi connectivity index (χ1n) is 5.79. The van der Waals surface area contributed by atoms with Crippen LogP contribution < -0.4 is 0 Å². The molecule has 0 bridgehead atoms. The van der Waals surface area contributed by atoms with Crippen LogP contribution in [0, 0.1) is 6.92 Å². The van der Waals surface area contributed by atoms with E-state index < -0.39 is 0 Å². The predicted molar refractivity (Wildman–Crippen MR) is 80.3 cm³/mol. The lowest BCUT2D eigenvalue weighted by Gasteiger charge is -2.07. The van der Waals surface area contributed by atoms with Crippen molar-refractivity contribution in [3.05, 3.63) is 45.1 Å². The van der Waals surface area contributed by atoms with Crippen LogP contribution in [0.15, 0.2) is 23.7 Å². The molecule has 3 aromatic rings. The van der Waals surface area contributed by atoms with Crippen molar-refractivity contribution < 1.29 is 0 Å². The lowest BCUT2D eigenvalue weighted by atomic mass is 10.3. The number of aryl methyl sites for hydroxylation is 1. The van der Waals surface area contributed by atoms with Gasteiger partial charge >= 0.3 is 0 Å². The fourth-order valence-corrected chi connectivity index (χ4v) is 3.32. The first kappa shape index (κ1) is 12.9. The molecule has 0 fully saturated rings. The molecule has 3 nitrogen and oxygen atoms in total. The Morgan fingerprint density at radius 1 is 1.37 bits per heavy atom. The van der Waals surface area contributed by atoms with Gasteiger partial charge < -0.3 is 4.57 Å². The van der Waals surface area contributed by atoms with Gasteiger partial charge in [-0.3, -0.25) is 0 Å². The summed E-state index contributed by atoms with van der Waals surface area (Å²) >= 11 is 13.9. The van der Waals surface area contributed by atoms with E-state index in [4.69, 9.17) is 23.2 Å². The number of rotatable bonds is 3. The Bertz CT molecular complexity index is 733. The molecule has 1 aromatic carbocycles. The smallest absolute Gasteiger partial charge is 0.125 e. The quantitative estimate of drug-likeness (QED) is 0.677. The number of benzene rings is 1. The van der Waals surface area contributed by atoms with E-state index >= 15 is 0 Å². The van der Waals surface area contributed by atoms with Gasteiger partial charge in [-0.2, -0.15) is 0 Å². The highest BCUT2D eigenvalue weighted by atomic mass is 35.5. The lowest BCUT2D eigenvalue weighted by Crippen LogP contribution is -2.04. The minimum atomic E-state index is 0.364. The van der Waals surface area contributed by atoms with Crippen LogP contribution in [-0.2, 0) is 12.4 Å². The van der Waals surface area contributed by atoms with E-state index in [-0.39, 0.29) is 0 Å². The molecule has 98 valence electrons. The Kier molecular flexibility index (Phi) is 3.48. The Hall–Kier alpha value is -1.10. The molecule has 0 atom stereocenters. The van der Waals surface area contributed by atoms with Crippen LogP contribution in [0.4, 0.5) is 0 Å². The number of halogens is 2. The van der Waals surface area contributed by atoms with Crippen LogP contribution in [-0.4, -0.2) is 14.5 Å². The molecule has 0 aliphatic heterocycles. The van der Waals surface area contributed by atoms with Crippen molar-refractivity contribution in [3.63, 3.8) is 0 Å². The molecule has 0 radical (unpaired) electrons. The molecule has 0 unspecified atom stereocenters. The van der Waals surface area contributed by atoms with Gasteiger partial charge in [0.15, 0.2) is 0 Å². The monoisotopic (exact) mass is 311 g/mol. The third kappa shape index (κ3) is 2.24. The number of nitrogens with zero attached hydrogens (tertiary/aromatic N) is 3. The van der Waals surface area contributed by atoms with Gasteiger partial charge in [0.2, 0.25) is 0 Å². The molecule has 0 spiro atoms. The van der Waals surface area contributed by atoms with Crippen LogP contribution >= 0.6 is 34.5 Å². The lowest BCUT2D eigenvalue weighted by molar-refractivity contribution is 0.783. The minimum absolute atomic E-state index is 0.364. The Labute approximate surface area is 124 Å².